The molecule has 0 atom stereocenters. The molecule has 1 aliphatic heterocycles. The van der Waals surface area contributed by atoms with E-state index in [9.17, 15) is 9.59 Å². The number of rotatable bonds is 7. The number of carbonyl (C=O) groups is 2. The fraction of sp³-hybridized carbons (Fsp3) is 0.238. The van der Waals surface area contributed by atoms with Crippen LogP contribution in [-0.4, -0.2) is 37.6 Å². The number of nitrogens with one attached hydrogen (secondary N) is 2. The van der Waals surface area contributed by atoms with Crippen molar-refractivity contribution < 1.29 is 19.1 Å². The highest BCUT2D eigenvalue weighted by Gasteiger charge is 2.22. The Hall–Kier alpha value is -3.48. The van der Waals surface area contributed by atoms with E-state index >= 15 is 0 Å². The molecule has 7 nitrogen and oxygen atoms in total. The molecule has 3 rings (SSSR count). The van der Waals surface area contributed by atoms with E-state index in [4.69, 9.17) is 9.47 Å². The standard InChI is InChI=1S/C21H23N3O4/c1-27-17-9-8-16(19(12-17)28-2)13-22-20(25)14-24-21(26)11-10-18(23-24)15-6-4-3-5-7-15/h3-10,12,23H,11,13-14H2,1-2H3,(H,22,25). The molecule has 0 radical (unpaired) electrons. The van der Waals surface area contributed by atoms with Gasteiger partial charge in [0, 0.05) is 24.6 Å². The molecule has 146 valence electrons. The summed E-state index contributed by atoms with van der Waals surface area (Å²) in [6.07, 6.45) is 2.07. The topological polar surface area (TPSA) is 79.9 Å². The molecule has 2 aromatic rings. The number of hydrogen-bond acceptors (Lipinski definition) is 5. The number of amides is 2. The minimum atomic E-state index is -0.270. The van der Waals surface area contributed by atoms with E-state index in [0.29, 0.717) is 11.5 Å². The molecule has 0 spiro atoms. The van der Waals surface area contributed by atoms with Gasteiger partial charge in [0.05, 0.1) is 19.9 Å². The van der Waals surface area contributed by atoms with E-state index in [2.05, 4.69) is 10.7 Å². The van der Waals surface area contributed by atoms with Gasteiger partial charge in [-0.2, -0.15) is 0 Å². The van der Waals surface area contributed by atoms with Crippen molar-refractivity contribution in [2.45, 2.75) is 13.0 Å². The second-order valence-corrected chi connectivity index (χ2v) is 6.23. The van der Waals surface area contributed by atoms with E-state index in [1.165, 1.54) is 5.01 Å². The Morgan fingerprint density at radius 3 is 2.64 bits per heavy atom. The first kappa shape index (κ1) is 19.3. The maximum Gasteiger partial charge on any atom is 0.245 e. The van der Waals surface area contributed by atoms with Gasteiger partial charge in [-0.1, -0.05) is 30.3 Å². The molecular weight excluding hydrogens is 358 g/mol. The summed E-state index contributed by atoms with van der Waals surface area (Å²) in [6, 6.07) is 15.1. The summed E-state index contributed by atoms with van der Waals surface area (Å²) in [4.78, 5) is 24.5. The second-order valence-electron chi connectivity index (χ2n) is 6.23. The predicted octanol–water partition coefficient (Wildman–Crippen LogP) is 2.10. The summed E-state index contributed by atoms with van der Waals surface area (Å²) in [5.74, 6) is 0.876. The van der Waals surface area contributed by atoms with Crippen molar-refractivity contribution in [2.24, 2.45) is 0 Å². The fourth-order valence-corrected chi connectivity index (χ4v) is 2.87. The molecule has 7 heteroatoms. The lowest BCUT2D eigenvalue weighted by Crippen LogP contribution is -2.49. The Kier molecular flexibility index (Phi) is 6.16. The van der Waals surface area contributed by atoms with E-state index in [1.807, 2.05) is 42.5 Å². The molecule has 0 saturated carbocycles. The van der Waals surface area contributed by atoms with E-state index in [0.717, 1.165) is 16.8 Å². The van der Waals surface area contributed by atoms with Crippen LogP contribution in [0.15, 0.2) is 54.6 Å². The summed E-state index contributed by atoms with van der Waals surface area (Å²) in [6.45, 7) is 0.205. The van der Waals surface area contributed by atoms with Gasteiger partial charge in [0.25, 0.3) is 0 Å². The maximum absolute atomic E-state index is 12.4. The van der Waals surface area contributed by atoms with Gasteiger partial charge in [-0.15, -0.1) is 0 Å². The SMILES string of the molecule is COc1ccc(CNC(=O)CN2NC(c3ccccc3)=CCC2=O)c(OC)c1. The number of methoxy groups -OCH3 is 2. The van der Waals surface area contributed by atoms with E-state index < -0.39 is 0 Å². The molecule has 0 fully saturated rings. The highest BCUT2D eigenvalue weighted by molar-refractivity contribution is 5.88. The van der Waals surface area contributed by atoms with Gasteiger partial charge < -0.3 is 14.8 Å². The van der Waals surface area contributed by atoms with Crippen molar-refractivity contribution >= 4 is 17.5 Å². The van der Waals surface area contributed by atoms with Gasteiger partial charge in [0.15, 0.2) is 0 Å². The normalized spacial score (nSPS) is 13.4. The van der Waals surface area contributed by atoms with Gasteiger partial charge in [-0.3, -0.25) is 15.0 Å². The highest BCUT2D eigenvalue weighted by Crippen LogP contribution is 2.24. The number of benzene rings is 2. The van der Waals surface area contributed by atoms with Crippen LogP contribution in [0, 0.1) is 0 Å². The summed E-state index contributed by atoms with van der Waals surface area (Å²) >= 11 is 0. The van der Waals surface area contributed by atoms with Crippen LogP contribution in [0.3, 0.4) is 0 Å². The first-order chi connectivity index (χ1) is 13.6. The van der Waals surface area contributed by atoms with Crippen LogP contribution in [0.25, 0.3) is 5.70 Å². The molecule has 0 saturated heterocycles. The first-order valence-electron chi connectivity index (χ1n) is 8.91. The third-order valence-electron chi connectivity index (χ3n) is 4.39. The van der Waals surface area contributed by atoms with Crippen molar-refractivity contribution in [3.63, 3.8) is 0 Å². The quantitative estimate of drug-likeness (QED) is 0.768. The van der Waals surface area contributed by atoms with Gasteiger partial charge in [0.1, 0.15) is 18.0 Å². The zero-order valence-electron chi connectivity index (χ0n) is 15.9. The molecular formula is C21H23N3O4. The second kappa shape index (κ2) is 8.94. The number of carbonyl (C=O) groups excluding carboxylic acids is 2. The number of nitrogens with zero attached hydrogens (tertiary/aromatic N) is 1. The Balaban J connectivity index is 1.59. The molecule has 1 aliphatic rings. The molecule has 0 aliphatic carbocycles. The molecule has 0 unspecified atom stereocenters. The minimum Gasteiger partial charge on any atom is -0.497 e. The lowest BCUT2D eigenvalue weighted by atomic mass is 10.1. The number of ether oxygens (including phenoxy) is 2. The van der Waals surface area contributed by atoms with Crippen LogP contribution in [0.4, 0.5) is 0 Å². The van der Waals surface area contributed by atoms with Crippen molar-refractivity contribution in [1.82, 2.24) is 15.8 Å². The van der Waals surface area contributed by atoms with Crippen LogP contribution in [0.2, 0.25) is 0 Å². The first-order valence-corrected chi connectivity index (χ1v) is 8.91. The molecule has 0 bridgehead atoms. The highest BCUT2D eigenvalue weighted by atomic mass is 16.5. The monoisotopic (exact) mass is 381 g/mol. The predicted molar refractivity (Wildman–Crippen MR) is 105 cm³/mol. The third-order valence-corrected chi connectivity index (χ3v) is 4.39. The van der Waals surface area contributed by atoms with Crippen molar-refractivity contribution in [1.29, 1.82) is 0 Å². The summed E-state index contributed by atoms with van der Waals surface area (Å²) in [5, 5.41) is 4.16. The van der Waals surface area contributed by atoms with Crippen molar-refractivity contribution in [3.8, 4) is 11.5 Å². The zero-order chi connectivity index (χ0) is 19.9. The van der Waals surface area contributed by atoms with Crippen molar-refractivity contribution in [2.75, 3.05) is 20.8 Å². The average Bonchev–Trinajstić information content (AvgIpc) is 2.74. The van der Waals surface area contributed by atoms with E-state index in [1.54, 1.807) is 26.4 Å². The van der Waals surface area contributed by atoms with Crippen LogP contribution in [0.5, 0.6) is 11.5 Å². The maximum atomic E-state index is 12.4. The van der Waals surface area contributed by atoms with Crippen LogP contribution in [0.1, 0.15) is 17.5 Å². The number of hydrogen-bond donors (Lipinski definition) is 2. The molecule has 1 heterocycles. The summed E-state index contributed by atoms with van der Waals surface area (Å²) in [7, 11) is 3.14. The smallest absolute Gasteiger partial charge is 0.245 e. The van der Waals surface area contributed by atoms with Gasteiger partial charge in [-0.05, 0) is 23.8 Å². The van der Waals surface area contributed by atoms with Crippen LogP contribution >= 0.6 is 0 Å². The third kappa shape index (κ3) is 4.62. The largest absolute Gasteiger partial charge is 0.497 e. The number of hydrazine groups is 1. The van der Waals surface area contributed by atoms with Gasteiger partial charge in [0.2, 0.25) is 11.8 Å². The Bertz CT molecular complexity index is 880. The molecule has 28 heavy (non-hydrogen) atoms. The summed E-state index contributed by atoms with van der Waals surface area (Å²) in [5.41, 5.74) is 5.62. The average molecular weight is 381 g/mol. The lowest BCUT2D eigenvalue weighted by molar-refractivity contribution is -0.137. The molecule has 2 aromatic carbocycles. The zero-order valence-corrected chi connectivity index (χ0v) is 15.9. The lowest BCUT2D eigenvalue weighted by Gasteiger charge is -2.28. The van der Waals surface area contributed by atoms with Gasteiger partial charge in [-0.25, -0.2) is 5.01 Å². The Morgan fingerprint density at radius 2 is 1.93 bits per heavy atom. The molecule has 2 N–H and O–H groups in total. The van der Waals surface area contributed by atoms with Crippen LogP contribution < -0.4 is 20.2 Å². The Morgan fingerprint density at radius 1 is 1.14 bits per heavy atom. The minimum absolute atomic E-state index is 0.0819. The molecule has 0 aromatic heterocycles. The van der Waals surface area contributed by atoms with E-state index in [-0.39, 0.29) is 31.3 Å². The summed E-state index contributed by atoms with van der Waals surface area (Å²) < 4.78 is 10.5. The fourth-order valence-electron chi connectivity index (χ4n) is 2.87. The Labute approximate surface area is 163 Å². The molecule has 2 amide bonds. The van der Waals surface area contributed by atoms with Gasteiger partial charge >= 0.3 is 0 Å². The van der Waals surface area contributed by atoms with Crippen molar-refractivity contribution in [3.05, 3.63) is 65.7 Å². The van der Waals surface area contributed by atoms with Crippen LogP contribution in [-0.2, 0) is 16.1 Å².